The van der Waals surface area contributed by atoms with Gasteiger partial charge in [0.05, 0.1) is 12.6 Å². The van der Waals surface area contributed by atoms with Gasteiger partial charge in [-0.25, -0.2) is 13.1 Å². The van der Waals surface area contributed by atoms with E-state index in [1.165, 1.54) is 0 Å². The van der Waals surface area contributed by atoms with Gasteiger partial charge in [-0.1, -0.05) is 42.5 Å². The summed E-state index contributed by atoms with van der Waals surface area (Å²) in [6, 6.07) is 17.0. The van der Waals surface area contributed by atoms with Crippen molar-refractivity contribution in [1.29, 1.82) is 0 Å². The smallest absolute Gasteiger partial charge is 0.218 e. The summed E-state index contributed by atoms with van der Waals surface area (Å²) in [6.07, 6.45) is 0.618. The van der Waals surface area contributed by atoms with Crippen LogP contribution in [0.15, 0.2) is 54.6 Å². The number of hydrogen-bond donors (Lipinski definition) is 1. The molecule has 3 rings (SSSR count). The predicted octanol–water partition coefficient (Wildman–Crippen LogP) is 2.51. The lowest BCUT2D eigenvalue weighted by molar-refractivity contribution is -0.110. The van der Waals surface area contributed by atoms with Crippen LogP contribution in [0, 0.1) is 0 Å². The number of methoxy groups -OCH3 is 1. The summed E-state index contributed by atoms with van der Waals surface area (Å²) in [7, 11) is -0.205. The summed E-state index contributed by atoms with van der Waals surface area (Å²) in [5.41, 5.74) is 1.91. The Morgan fingerprint density at radius 3 is 2.72 bits per heavy atom. The molecule has 7 nitrogen and oxygen atoms in total. The molecule has 1 aliphatic rings. The van der Waals surface area contributed by atoms with Crippen LogP contribution in [0.3, 0.4) is 0 Å². The predicted molar refractivity (Wildman–Crippen MR) is 111 cm³/mol. The van der Waals surface area contributed by atoms with E-state index in [0.29, 0.717) is 31.9 Å². The normalized spacial score (nSPS) is 20.1. The number of nitrogens with zero attached hydrogens (tertiary/aromatic N) is 1. The fourth-order valence-electron chi connectivity index (χ4n) is 3.35. The van der Waals surface area contributed by atoms with Crippen LogP contribution < -0.4 is 9.46 Å². The van der Waals surface area contributed by atoms with E-state index in [0.717, 1.165) is 11.1 Å². The molecule has 0 radical (unpaired) electrons. The first-order valence-electron chi connectivity index (χ1n) is 9.61. The van der Waals surface area contributed by atoms with Crippen LogP contribution in [0.5, 0.6) is 5.75 Å². The van der Waals surface area contributed by atoms with Crippen molar-refractivity contribution in [3.05, 3.63) is 65.7 Å². The number of nitrogens with one attached hydrogen (secondary N) is 1. The first-order chi connectivity index (χ1) is 14.0. The third-order valence-corrected chi connectivity index (χ3v) is 6.66. The van der Waals surface area contributed by atoms with E-state index in [1.54, 1.807) is 19.2 Å². The van der Waals surface area contributed by atoms with Gasteiger partial charge in [0.15, 0.2) is 0 Å². The van der Waals surface area contributed by atoms with Crippen LogP contribution in [-0.4, -0.2) is 52.6 Å². The van der Waals surface area contributed by atoms with Crippen LogP contribution >= 0.6 is 0 Å². The maximum Gasteiger partial charge on any atom is 0.218 e. The lowest BCUT2D eigenvalue weighted by Gasteiger charge is -2.23. The summed E-state index contributed by atoms with van der Waals surface area (Å²) < 4.78 is 39.2. The van der Waals surface area contributed by atoms with E-state index < -0.39 is 21.3 Å². The van der Waals surface area contributed by atoms with Crippen molar-refractivity contribution in [2.45, 2.75) is 24.3 Å². The van der Waals surface area contributed by atoms with Gasteiger partial charge in [0, 0.05) is 27.3 Å². The van der Waals surface area contributed by atoms with E-state index in [4.69, 9.17) is 14.3 Å². The minimum Gasteiger partial charge on any atom is -0.489 e. The van der Waals surface area contributed by atoms with Crippen molar-refractivity contribution in [3.8, 4) is 5.75 Å². The number of hydrogen-bond acceptors (Lipinski definition) is 6. The molecule has 0 unspecified atom stereocenters. The van der Waals surface area contributed by atoms with Crippen molar-refractivity contribution < 1.29 is 22.7 Å². The summed E-state index contributed by atoms with van der Waals surface area (Å²) in [4.78, 5) is 5.56. The topological polar surface area (TPSA) is 77.1 Å². The molecule has 1 heterocycles. The number of benzene rings is 2. The highest BCUT2D eigenvalue weighted by molar-refractivity contribution is 7.90. The molecule has 0 aromatic heterocycles. The average molecular weight is 421 g/mol. The molecule has 0 amide bonds. The van der Waals surface area contributed by atoms with Crippen molar-refractivity contribution in [2.75, 3.05) is 33.9 Å². The number of rotatable bonds is 10. The van der Waals surface area contributed by atoms with Crippen LogP contribution in [0.1, 0.15) is 23.6 Å². The lowest BCUT2D eigenvalue weighted by atomic mass is 10.0. The van der Waals surface area contributed by atoms with Crippen molar-refractivity contribution >= 4 is 10.0 Å². The highest BCUT2D eigenvalue weighted by Gasteiger charge is 2.43. The van der Waals surface area contributed by atoms with Crippen LogP contribution in [0.25, 0.3) is 0 Å². The van der Waals surface area contributed by atoms with Gasteiger partial charge in [0.1, 0.15) is 17.6 Å². The fraction of sp³-hybridized carbons (Fsp3) is 0.429. The molecule has 1 fully saturated rings. The molecule has 29 heavy (non-hydrogen) atoms. The third kappa shape index (κ3) is 5.77. The highest BCUT2D eigenvalue weighted by Crippen LogP contribution is 2.34. The molecule has 0 aliphatic carbocycles. The molecular formula is C21H28N2O5S. The minimum atomic E-state index is -3.55. The second kappa shape index (κ2) is 10.2. The summed E-state index contributed by atoms with van der Waals surface area (Å²) in [6.45, 7) is 1.40. The summed E-state index contributed by atoms with van der Waals surface area (Å²) in [5, 5.41) is 0.898. The first-order valence-corrected chi connectivity index (χ1v) is 11.2. The standard InChI is InChI=1S/C21H28N2O5S/c1-23-21(20(16-28-23)29(24,25)22-12-7-13-26-2)18-10-6-11-19(14-18)27-15-17-8-4-3-5-9-17/h3-6,8-11,14,20-22H,7,12-13,15-16H2,1-2H3/t20-,21+/m0/s1. The van der Waals surface area contributed by atoms with E-state index in [2.05, 4.69) is 4.72 Å². The number of ether oxygens (including phenoxy) is 2. The van der Waals surface area contributed by atoms with Crippen LogP contribution in [0.4, 0.5) is 0 Å². The van der Waals surface area contributed by atoms with Crippen LogP contribution in [0.2, 0.25) is 0 Å². The zero-order valence-electron chi connectivity index (χ0n) is 16.8. The zero-order valence-corrected chi connectivity index (χ0v) is 17.6. The number of hydroxylamine groups is 2. The molecule has 158 valence electrons. The second-order valence-corrected chi connectivity index (χ2v) is 8.94. The van der Waals surface area contributed by atoms with E-state index in [-0.39, 0.29) is 6.61 Å². The Morgan fingerprint density at radius 1 is 1.17 bits per heavy atom. The molecule has 1 N–H and O–H groups in total. The van der Waals surface area contributed by atoms with Gasteiger partial charge < -0.3 is 9.47 Å². The zero-order chi connectivity index (χ0) is 20.7. The van der Waals surface area contributed by atoms with Crippen molar-refractivity contribution in [3.63, 3.8) is 0 Å². The molecule has 0 saturated carbocycles. The summed E-state index contributed by atoms with van der Waals surface area (Å²) in [5.74, 6) is 0.691. The Labute approximate surface area is 172 Å². The minimum absolute atomic E-state index is 0.107. The molecule has 1 saturated heterocycles. The molecule has 2 aromatic rings. The molecule has 2 atom stereocenters. The van der Waals surface area contributed by atoms with Crippen molar-refractivity contribution in [2.24, 2.45) is 0 Å². The third-order valence-electron chi connectivity index (χ3n) is 4.86. The number of sulfonamides is 1. The maximum atomic E-state index is 12.8. The van der Waals surface area contributed by atoms with E-state index in [9.17, 15) is 8.42 Å². The molecule has 0 spiro atoms. The molecular weight excluding hydrogens is 392 g/mol. The van der Waals surface area contributed by atoms with Gasteiger partial charge in [-0.15, -0.1) is 0 Å². The lowest BCUT2D eigenvalue weighted by Crippen LogP contribution is -2.39. The van der Waals surface area contributed by atoms with Gasteiger partial charge in [0.25, 0.3) is 0 Å². The Hall–Kier alpha value is -1.97. The fourth-order valence-corrected chi connectivity index (χ4v) is 4.90. The highest BCUT2D eigenvalue weighted by atomic mass is 32.2. The van der Waals surface area contributed by atoms with Crippen molar-refractivity contribution in [1.82, 2.24) is 9.79 Å². The Morgan fingerprint density at radius 2 is 1.97 bits per heavy atom. The quantitative estimate of drug-likeness (QED) is 0.595. The largest absolute Gasteiger partial charge is 0.489 e. The van der Waals surface area contributed by atoms with E-state index in [1.807, 2.05) is 54.6 Å². The van der Waals surface area contributed by atoms with Crippen LogP contribution in [-0.2, 0) is 26.2 Å². The SMILES string of the molecule is COCCCNS(=O)(=O)[C@H]1CON(C)[C@@H]1c1cccc(OCc2ccccc2)c1. The second-order valence-electron chi connectivity index (χ2n) is 6.96. The van der Waals surface area contributed by atoms with Gasteiger partial charge in [0.2, 0.25) is 10.0 Å². The molecule has 0 bridgehead atoms. The van der Waals surface area contributed by atoms with Gasteiger partial charge in [-0.2, -0.15) is 5.06 Å². The van der Waals surface area contributed by atoms with Gasteiger partial charge in [-0.05, 0) is 29.7 Å². The van der Waals surface area contributed by atoms with Gasteiger partial charge in [-0.3, -0.25) is 4.84 Å². The first kappa shape index (κ1) is 21.7. The Bertz CT molecular complexity index is 876. The monoisotopic (exact) mass is 420 g/mol. The Kier molecular flexibility index (Phi) is 7.63. The van der Waals surface area contributed by atoms with E-state index >= 15 is 0 Å². The maximum absolute atomic E-state index is 12.8. The molecule has 1 aliphatic heterocycles. The molecule has 2 aromatic carbocycles. The average Bonchev–Trinajstić information content (AvgIpc) is 3.13. The summed E-state index contributed by atoms with van der Waals surface area (Å²) >= 11 is 0. The van der Waals surface area contributed by atoms with Gasteiger partial charge >= 0.3 is 0 Å². The molecule has 8 heteroatoms. The Balaban J connectivity index is 1.71.